The number of rotatable bonds is 3. The van der Waals surface area contributed by atoms with E-state index in [0.29, 0.717) is 5.56 Å². The summed E-state index contributed by atoms with van der Waals surface area (Å²) in [6, 6.07) is 4.88. The number of aromatic nitrogens is 1. The van der Waals surface area contributed by atoms with E-state index in [2.05, 4.69) is 10.3 Å². The number of H-pyrrole nitrogens is 1. The van der Waals surface area contributed by atoms with Crippen LogP contribution in [0.1, 0.15) is 41.4 Å². The van der Waals surface area contributed by atoms with E-state index in [1.54, 1.807) is 13.0 Å². The van der Waals surface area contributed by atoms with Gasteiger partial charge in [0, 0.05) is 35.2 Å². The van der Waals surface area contributed by atoms with Gasteiger partial charge in [0.15, 0.2) is 9.84 Å². The number of carbonyl (C=O) groups is 2. The Bertz CT molecular complexity index is 1030. The van der Waals surface area contributed by atoms with Gasteiger partial charge in [-0.05, 0) is 56.4 Å². The highest BCUT2D eigenvalue weighted by atomic mass is 32.2. The fourth-order valence-corrected chi connectivity index (χ4v) is 5.30. The second-order valence-electron chi connectivity index (χ2n) is 7.72. The lowest BCUT2D eigenvalue weighted by Gasteiger charge is -2.29. The third kappa shape index (κ3) is 3.65. The quantitative estimate of drug-likeness (QED) is 0.810. The van der Waals surface area contributed by atoms with Crippen LogP contribution in [-0.2, 0) is 27.5 Å². The van der Waals surface area contributed by atoms with Crippen LogP contribution >= 0.6 is 0 Å². The first-order chi connectivity index (χ1) is 13.3. The number of carbonyl (C=O) groups excluding carboxylic acids is 2. The lowest BCUT2D eigenvalue weighted by atomic mass is 9.95. The molecule has 1 fully saturated rings. The second kappa shape index (κ2) is 7.24. The molecule has 2 aliphatic rings. The minimum Gasteiger partial charge on any atom is -0.358 e. The average molecular weight is 404 g/mol. The van der Waals surface area contributed by atoms with Crippen molar-refractivity contribution in [1.29, 1.82) is 0 Å². The van der Waals surface area contributed by atoms with E-state index in [0.717, 1.165) is 30.2 Å². The van der Waals surface area contributed by atoms with Crippen LogP contribution in [0, 0.1) is 0 Å². The molecule has 1 aliphatic carbocycles. The van der Waals surface area contributed by atoms with Gasteiger partial charge in [-0.2, -0.15) is 0 Å². The molecule has 2 heterocycles. The normalized spacial score (nSPS) is 19.8. The number of amides is 2. The molecule has 2 amide bonds. The second-order valence-corrected chi connectivity index (χ2v) is 10.0. The van der Waals surface area contributed by atoms with Gasteiger partial charge in [0.05, 0.1) is 11.5 Å². The Morgan fingerprint density at radius 2 is 1.86 bits per heavy atom. The van der Waals surface area contributed by atoms with Crippen molar-refractivity contribution >= 4 is 32.6 Å². The molecule has 1 unspecified atom stereocenters. The highest BCUT2D eigenvalue weighted by Crippen LogP contribution is 2.29. The highest BCUT2D eigenvalue weighted by Gasteiger charge is 2.28. The van der Waals surface area contributed by atoms with Crippen molar-refractivity contribution in [3.63, 3.8) is 0 Å². The van der Waals surface area contributed by atoms with E-state index < -0.39 is 15.9 Å². The molecule has 2 aromatic rings. The Balaban J connectivity index is 1.46. The molecule has 28 heavy (non-hydrogen) atoms. The summed E-state index contributed by atoms with van der Waals surface area (Å²) in [6.07, 6.45) is 4.41. The molecule has 0 radical (unpaired) electrons. The number of hydrogen-bond donors (Lipinski definition) is 2. The van der Waals surface area contributed by atoms with Crippen molar-refractivity contribution in [3.05, 3.63) is 35.0 Å². The first kappa shape index (κ1) is 19.0. The van der Waals surface area contributed by atoms with Gasteiger partial charge >= 0.3 is 0 Å². The van der Waals surface area contributed by atoms with Crippen LogP contribution < -0.4 is 5.32 Å². The number of sulfone groups is 1. The predicted molar refractivity (Wildman–Crippen MR) is 107 cm³/mol. The van der Waals surface area contributed by atoms with E-state index in [1.807, 2.05) is 12.1 Å². The molecule has 8 heteroatoms. The molecule has 1 aliphatic heterocycles. The maximum Gasteiger partial charge on any atom is 0.251 e. The molecule has 0 saturated carbocycles. The Kier molecular flexibility index (Phi) is 4.91. The Morgan fingerprint density at radius 3 is 2.61 bits per heavy atom. The molecule has 0 bridgehead atoms. The summed E-state index contributed by atoms with van der Waals surface area (Å²) in [5.74, 6) is -0.579. The lowest BCUT2D eigenvalue weighted by molar-refractivity contribution is -0.132. The zero-order valence-electron chi connectivity index (χ0n) is 16.0. The number of aryl methyl sites for hydroxylation is 2. The molecule has 2 N–H and O–H groups in total. The van der Waals surface area contributed by atoms with Gasteiger partial charge in [-0.15, -0.1) is 0 Å². The monoisotopic (exact) mass is 403 g/mol. The number of aromatic amines is 1. The van der Waals surface area contributed by atoms with Crippen LogP contribution in [-0.4, -0.2) is 60.8 Å². The number of hydrogen-bond acceptors (Lipinski definition) is 4. The molecule has 4 rings (SSSR count). The first-order valence-corrected chi connectivity index (χ1v) is 11.6. The Morgan fingerprint density at radius 1 is 1.14 bits per heavy atom. The summed E-state index contributed by atoms with van der Waals surface area (Å²) >= 11 is 0. The number of fused-ring (bicyclic) bond motifs is 3. The van der Waals surface area contributed by atoms with Gasteiger partial charge < -0.3 is 15.2 Å². The zero-order chi connectivity index (χ0) is 19.9. The van der Waals surface area contributed by atoms with Gasteiger partial charge in [0.1, 0.15) is 6.04 Å². The summed E-state index contributed by atoms with van der Waals surface area (Å²) in [5.41, 5.74) is 4.14. The maximum absolute atomic E-state index is 12.7. The number of nitrogens with zero attached hydrogens (tertiary/aromatic N) is 1. The van der Waals surface area contributed by atoms with Gasteiger partial charge in [-0.3, -0.25) is 9.59 Å². The zero-order valence-corrected chi connectivity index (χ0v) is 16.8. The molecule has 1 aromatic carbocycles. The van der Waals surface area contributed by atoms with Crippen molar-refractivity contribution in [3.8, 4) is 0 Å². The minimum atomic E-state index is -3.05. The van der Waals surface area contributed by atoms with E-state index >= 15 is 0 Å². The molecular formula is C20H25N3O4S. The largest absolute Gasteiger partial charge is 0.358 e. The molecule has 0 spiro atoms. The van der Waals surface area contributed by atoms with Gasteiger partial charge in [0.25, 0.3) is 5.91 Å². The molecule has 1 aromatic heterocycles. The Hall–Kier alpha value is -2.35. The molecular weight excluding hydrogens is 378 g/mol. The van der Waals surface area contributed by atoms with Crippen LogP contribution in [0.15, 0.2) is 18.2 Å². The highest BCUT2D eigenvalue weighted by molar-refractivity contribution is 7.91. The van der Waals surface area contributed by atoms with Crippen LogP contribution in [0.3, 0.4) is 0 Å². The Labute approximate surface area is 164 Å². The predicted octanol–water partition coefficient (Wildman–Crippen LogP) is 1.42. The van der Waals surface area contributed by atoms with Gasteiger partial charge in [-0.25, -0.2) is 8.42 Å². The molecule has 150 valence electrons. The van der Waals surface area contributed by atoms with Crippen LogP contribution in [0.5, 0.6) is 0 Å². The van der Waals surface area contributed by atoms with Crippen molar-refractivity contribution < 1.29 is 18.0 Å². The van der Waals surface area contributed by atoms with Crippen molar-refractivity contribution in [1.82, 2.24) is 15.2 Å². The third-order valence-electron chi connectivity index (χ3n) is 5.73. The number of benzene rings is 1. The maximum atomic E-state index is 12.7. The van der Waals surface area contributed by atoms with Crippen molar-refractivity contribution in [2.75, 3.05) is 24.6 Å². The van der Waals surface area contributed by atoms with E-state index in [1.165, 1.54) is 22.6 Å². The van der Waals surface area contributed by atoms with Gasteiger partial charge in [0.2, 0.25) is 5.91 Å². The molecule has 1 saturated heterocycles. The van der Waals surface area contributed by atoms with Crippen LogP contribution in [0.25, 0.3) is 10.9 Å². The fourth-order valence-electron chi connectivity index (χ4n) is 4.10. The molecule has 7 nitrogen and oxygen atoms in total. The standard InChI is InChI=1S/C20H25N3O4S/c1-13(20(25)23-8-10-28(26,27)11-9-23)21-19(24)14-6-7-18-16(12-14)15-4-2-3-5-17(15)22-18/h6-7,12-13,22H,2-5,8-11H2,1H3,(H,21,24). The van der Waals surface area contributed by atoms with Gasteiger partial charge in [-0.1, -0.05) is 0 Å². The third-order valence-corrected chi connectivity index (χ3v) is 7.34. The number of nitrogens with one attached hydrogen (secondary N) is 2. The smallest absolute Gasteiger partial charge is 0.251 e. The van der Waals surface area contributed by atoms with E-state index in [-0.39, 0.29) is 36.4 Å². The van der Waals surface area contributed by atoms with Crippen LogP contribution in [0.2, 0.25) is 0 Å². The van der Waals surface area contributed by atoms with Crippen molar-refractivity contribution in [2.24, 2.45) is 0 Å². The lowest BCUT2D eigenvalue weighted by Crippen LogP contribution is -2.51. The van der Waals surface area contributed by atoms with E-state index in [4.69, 9.17) is 0 Å². The van der Waals surface area contributed by atoms with Crippen LogP contribution in [0.4, 0.5) is 0 Å². The summed E-state index contributed by atoms with van der Waals surface area (Å²) in [4.78, 5) is 30.2. The topological polar surface area (TPSA) is 99.3 Å². The minimum absolute atomic E-state index is 0.0192. The molecule has 1 atom stereocenters. The fraction of sp³-hybridized carbons (Fsp3) is 0.500. The summed E-state index contributed by atoms with van der Waals surface area (Å²) in [7, 11) is -3.05. The summed E-state index contributed by atoms with van der Waals surface area (Å²) in [6.45, 7) is 2.01. The summed E-state index contributed by atoms with van der Waals surface area (Å²) in [5, 5.41) is 3.85. The first-order valence-electron chi connectivity index (χ1n) is 9.77. The average Bonchev–Trinajstić information content (AvgIpc) is 3.05. The van der Waals surface area contributed by atoms with Crippen molar-refractivity contribution in [2.45, 2.75) is 38.6 Å². The summed E-state index contributed by atoms with van der Waals surface area (Å²) < 4.78 is 23.1. The SMILES string of the molecule is CC(NC(=O)c1ccc2[nH]c3c(c2c1)CCCC3)C(=O)N1CCS(=O)(=O)CC1. The van der Waals surface area contributed by atoms with E-state index in [9.17, 15) is 18.0 Å².